The van der Waals surface area contributed by atoms with Crippen molar-refractivity contribution in [2.75, 3.05) is 0 Å². The molecule has 8 bridgehead atoms. The van der Waals surface area contributed by atoms with Crippen molar-refractivity contribution in [1.82, 2.24) is 10.6 Å². The van der Waals surface area contributed by atoms with Gasteiger partial charge in [0.1, 0.15) is 0 Å². The van der Waals surface area contributed by atoms with Gasteiger partial charge in [-0.25, -0.2) is 0 Å². The number of nitrogens with one attached hydrogen (secondary N) is 2. The third kappa shape index (κ3) is 6.94. The first kappa shape index (κ1) is 25.4. The van der Waals surface area contributed by atoms with Gasteiger partial charge in [0.25, 0.3) is 11.8 Å². The van der Waals surface area contributed by atoms with Crippen LogP contribution >= 0.6 is 0 Å². The molecule has 8 rings (SSSR count). The molecule has 192 valence electrons. The molecule has 4 aromatic carbocycles. The molecular weight excluding hydrogens is 476 g/mol. The van der Waals surface area contributed by atoms with E-state index in [-0.39, 0.29) is 11.8 Å². The van der Waals surface area contributed by atoms with E-state index in [1.165, 1.54) is 0 Å². The van der Waals surface area contributed by atoms with Gasteiger partial charge in [0, 0.05) is 24.2 Å². The number of rotatable bonds is 0. The Balaban J connectivity index is 1.31. The largest absolute Gasteiger partial charge is 0.372 e. The van der Waals surface area contributed by atoms with Crippen molar-refractivity contribution in [1.29, 1.82) is 0 Å². The van der Waals surface area contributed by atoms with Crippen LogP contribution in [0.4, 0.5) is 0 Å². The number of amides is 2. The Labute approximate surface area is 222 Å². The Morgan fingerprint density at radius 2 is 0.842 bits per heavy atom. The van der Waals surface area contributed by atoms with Gasteiger partial charge in [0.15, 0.2) is 0 Å². The van der Waals surface area contributed by atoms with Gasteiger partial charge in [-0.2, -0.15) is 0 Å². The Bertz CT molecular complexity index is 1300. The fourth-order valence-electron chi connectivity index (χ4n) is 4.26. The minimum absolute atomic E-state index is 0.228. The summed E-state index contributed by atoms with van der Waals surface area (Å²) in [4.78, 5) is 25.5. The van der Waals surface area contributed by atoms with Crippen molar-refractivity contribution in [3.8, 4) is 0 Å². The summed E-state index contributed by atoms with van der Waals surface area (Å²) in [6, 6.07) is 30.9. The second-order valence-corrected chi connectivity index (χ2v) is 9.38. The summed E-state index contributed by atoms with van der Waals surface area (Å²) in [7, 11) is 0. The van der Waals surface area contributed by atoms with Crippen LogP contribution in [0, 0.1) is 0 Å². The van der Waals surface area contributed by atoms with Crippen LogP contribution in [0.1, 0.15) is 54.1 Å². The lowest BCUT2D eigenvalue weighted by Gasteiger charge is -2.11. The lowest BCUT2D eigenvalue weighted by atomic mass is 10.1. The number of carbonyl (C=O) groups is 2. The van der Waals surface area contributed by atoms with Gasteiger partial charge in [-0.15, -0.1) is 0 Å². The van der Waals surface area contributed by atoms with Gasteiger partial charge in [-0.05, 0) is 51.6 Å². The topological polar surface area (TPSA) is 76.7 Å². The molecule has 6 heteroatoms. The van der Waals surface area contributed by atoms with Crippen LogP contribution in [0.2, 0.25) is 0 Å². The molecule has 0 unspecified atom stereocenters. The van der Waals surface area contributed by atoms with Gasteiger partial charge < -0.3 is 20.1 Å². The Kier molecular flexibility index (Phi) is 8.23. The van der Waals surface area contributed by atoms with Gasteiger partial charge in [-0.1, -0.05) is 78.9 Å². The van der Waals surface area contributed by atoms with E-state index in [9.17, 15) is 9.59 Å². The summed E-state index contributed by atoms with van der Waals surface area (Å²) in [5, 5.41) is 5.87. The van der Waals surface area contributed by atoms with Crippen molar-refractivity contribution in [2.24, 2.45) is 0 Å². The highest BCUT2D eigenvalue weighted by Gasteiger charge is 2.11. The van der Waals surface area contributed by atoms with E-state index in [0.29, 0.717) is 50.6 Å². The molecule has 0 saturated heterocycles. The molecule has 4 aromatic rings. The van der Waals surface area contributed by atoms with Crippen molar-refractivity contribution < 1.29 is 19.1 Å². The summed E-state index contributed by atoms with van der Waals surface area (Å²) < 4.78 is 11.9. The van der Waals surface area contributed by atoms with Gasteiger partial charge >= 0.3 is 0 Å². The van der Waals surface area contributed by atoms with E-state index in [0.717, 1.165) is 33.4 Å². The average Bonchev–Trinajstić information content (AvgIpc) is 2.96. The minimum atomic E-state index is -0.228. The smallest absolute Gasteiger partial charge is 0.251 e. The summed E-state index contributed by atoms with van der Waals surface area (Å²) in [6.07, 6.45) is 0. The normalized spacial score (nSPS) is 15.1. The number of benzene rings is 4. The van der Waals surface area contributed by atoms with E-state index >= 15 is 0 Å². The lowest BCUT2D eigenvalue weighted by Crippen LogP contribution is -2.25. The molecule has 0 spiro atoms. The summed E-state index contributed by atoms with van der Waals surface area (Å²) in [6.45, 7) is 2.81. The molecule has 0 saturated carbocycles. The van der Waals surface area contributed by atoms with E-state index in [1.54, 1.807) is 24.3 Å². The Morgan fingerprint density at radius 3 is 1.32 bits per heavy atom. The number of hydrogen-bond donors (Lipinski definition) is 2. The molecule has 0 aromatic heterocycles. The van der Waals surface area contributed by atoms with Crippen LogP contribution in [0.15, 0.2) is 97.1 Å². The van der Waals surface area contributed by atoms with Crippen LogP contribution in [0.5, 0.6) is 0 Å². The second kappa shape index (κ2) is 12.3. The molecule has 0 fully saturated rings. The van der Waals surface area contributed by atoms with Crippen LogP contribution in [0.3, 0.4) is 0 Å². The first-order valence-corrected chi connectivity index (χ1v) is 12.7. The van der Waals surface area contributed by atoms with Gasteiger partial charge in [0.2, 0.25) is 0 Å². The fourth-order valence-corrected chi connectivity index (χ4v) is 4.26. The predicted octanol–water partition coefficient (Wildman–Crippen LogP) is 5.29. The SMILES string of the molecule is O=C1NCc2ccc(cc2)COCc2cccc(c2)COCc2ccc(cc2)CNC(=O)c2cccc1c2. The molecule has 4 aliphatic heterocycles. The molecule has 2 N–H and O–H groups in total. The Morgan fingerprint density at radius 1 is 0.447 bits per heavy atom. The summed E-state index contributed by atoms with van der Waals surface area (Å²) >= 11 is 0. The zero-order valence-corrected chi connectivity index (χ0v) is 21.1. The van der Waals surface area contributed by atoms with Crippen LogP contribution < -0.4 is 10.6 Å². The van der Waals surface area contributed by atoms with Crippen molar-refractivity contribution in [3.63, 3.8) is 0 Å². The predicted molar refractivity (Wildman–Crippen MR) is 145 cm³/mol. The zero-order valence-electron chi connectivity index (χ0n) is 21.1. The minimum Gasteiger partial charge on any atom is -0.372 e. The van der Waals surface area contributed by atoms with Crippen molar-refractivity contribution >= 4 is 11.8 Å². The lowest BCUT2D eigenvalue weighted by molar-refractivity contribution is 0.0950. The average molecular weight is 507 g/mol. The number of carbonyl (C=O) groups excluding carboxylic acids is 2. The summed E-state index contributed by atoms with van der Waals surface area (Å²) in [5.41, 5.74) is 7.17. The van der Waals surface area contributed by atoms with E-state index in [1.807, 2.05) is 54.6 Å². The van der Waals surface area contributed by atoms with Crippen LogP contribution in [0.25, 0.3) is 0 Å². The van der Waals surface area contributed by atoms with Crippen molar-refractivity contribution in [2.45, 2.75) is 39.5 Å². The molecular formula is C32H30N2O4. The maximum absolute atomic E-state index is 12.7. The highest BCUT2D eigenvalue weighted by atomic mass is 16.5. The third-order valence-corrected chi connectivity index (χ3v) is 6.41. The zero-order chi connectivity index (χ0) is 26.2. The third-order valence-electron chi connectivity index (χ3n) is 6.41. The van der Waals surface area contributed by atoms with Gasteiger partial charge in [-0.3, -0.25) is 9.59 Å². The molecule has 2 amide bonds. The summed E-state index contributed by atoms with van der Waals surface area (Å²) in [5.74, 6) is -0.456. The first-order chi connectivity index (χ1) is 18.6. The quantitative estimate of drug-likeness (QED) is 0.340. The van der Waals surface area contributed by atoms with E-state index in [4.69, 9.17) is 9.47 Å². The monoisotopic (exact) mass is 506 g/mol. The van der Waals surface area contributed by atoms with E-state index in [2.05, 4.69) is 28.8 Å². The van der Waals surface area contributed by atoms with Crippen molar-refractivity contribution in [3.05, 3.63) is 142 Å². The number of hydrogen-bond acceptors (Lipinski definition) is 4. The van der Waals surface area contributed by atoms with Gasteiger partial charge in [0.05, 0.1) is 26.4 Å². The fraction of sp³-hybridized carbons (Fsp3) is 0.188. The second-order valence-electron chi connectivity index (χ2n) is 9.38. The maximum Gasteiger partial charge on any atom is 0.251 e. The molecule has 0 radical (unpaired) electrons. The molecule has 4 aliphatic rings. The first-order valence-electron chi connectivity index (χ1n) is 12.7. The Hall–Kier alpha value is -4.26. The van der Waals surface area contributed by atoms with E-state index < -0.39 is 0 Å². The maximum atomic E-state index is 12.7. The molecule has 0 atom stereocenters. The molecule has 38 heavy (non-hydrogen) atoms. The highest BCUT2D eigenvalue weighted by molar-refractivity contribution is 5.99. The van der Waals surface area contributed by atoms with Crippen LogP contribution in [-0.2, 0) is 49.0 Å². The standard InChI is InChI=1S/C32H30N2O4/c35-31-29-5-2-6-30(16-29)32(36)34-18-24-9-13-26(14-10-24)20-38-22-28-4-1-3-27(15-28)21-37-19-25-11-7-23(8-12-25)17-33-31/h1-16H,17-22H2,(H,33,35)(H,34,36). The molecule has 0 aliphatic carbocycles. The van der Waals surface area contributed by atoms with Crippen LogP contribution in [-0.4, -0.2) is 11.8 Å². The number of ether oxygens (including phenoxy) is 2. The molecule has 6 nitrogen and oxygen atoms in total. The highest BCUT2D eigenvalue weighted by Crippen LogP contribution is 2.13. The molecule has 4 heterocycles.